The van der Waals surface area contributed by atoms with Gasteiger partial charge in [0.2, 0.25) is 0 Å². The highest BCUT2D eigenvalue weighted by atomic mass is 79.9. The number of amides is 1. The summed E-state index contributed by atoms with van der Waals surface area (Å²) in [5.74, 6) is -0.0643. The van der Waals surface area contributed by atoms with Gasteiger partial charge in [-0.3, -0.25) is 4.79 Å². The molecule has 1 fully saturated rings. The molecule has 1 saturated heterocycles. The Hall–Kier alpha value is -0.940. The molecular formula is C14H18BrFN2O. The van der Waals surface area contributed by atoms with Gasteiger partial charge in [-0.25, -0.2) is 4.39 Å². The molecule has 0 spiro atoms. The molecule has 1 N–H and O–H groups in total. The van der Waals surface area contributed by atoms with Crippen LogP contribution in [0.2, 0.25) is 0 Å². The number of hydrogen-bond acceptors (Lipinski definition) is 2. The summed E-state index contributed by atoms with van der Waals surface area (Å²) in [5.41, 5.74) is 0.381. The molecule has 3 nitrogen and oxygen atoms in total. The topological polar surface area (TPSA) is 32.3 Å². The van der Waals surface area contributed by atoms with E-state index in [0.717, 1.165) is 25.9 Å². The Bertz CT molecular complexity index is 461. The molecule has 0 saturated carbocycles. The monoisotopic (exact) mass is 328 g/mol. The third-order valence-electron chi connectivity index (χ3n) is 3.46. The van der Waals surface area contributed by atoms with Gasteiger partial charge in [0.05, 0.1) is 10.0 Å². The normalized spacial score (nSPS) is 19.2. The molecule has 1 aliphatic heterocycles. The number of piperidine rings is 1. The van der Waals surface area contributed by atoms with Gasteiger partial charge in [0.15, 0.2) is 0 Å². The molecule has 1 aromatic rings. The lowest BCUT2D eigenvalue weighted by Gasteiger charge is -2.28. The van der Waals surface area contributed by atoms with Crippen LogP contribution < -0.4 is 5.32 Å². The van der Waals surface area contributed by atoms with Crippen molar-refractivity contribution in [3.8, 4) is 0 Å². The molecule has 0 aliphatic carbocycles. The summed E-state index contributed by atoms with van der Waals surface area (Å²) in [6.45, 7) is 2.71. The van der Waals surface area contributed by atoms with Crippen molar-refractivity contribution < 1.29 is 9.18 Å². The van der Waals surface area contributed by atoms with Gasteiger partial charge < -0.3 is 10.2 Å². The molecule has 5 heteroatoms. The third-order valence-corrected chi connectivity index (χ3v) is 4.27. The number of rotatable bonds is 3. The molecular weight excluding hydrogens is 311 g/mol. The minimum Gasteiger partial charge on any atom is -0.341 e. The number of carbonyl (C=O) groups excluding carboxylic acids is 1. The van der Waals surface area contributed by atoms with E-state index in [1.54, 1.807) is 24.1 Å². The second-order valence-electron chi connectivity index (χ2n) is 5.00. The van der Waals surface area contributed by atoms with Crippen molar-refractivity contribution in [3.05, 3.63) is 34.1 Å². The zero-order valence-corrected chi connectivity index (χ0v) is 12.5. The van der Waals surface area contributed by atoms with Crippen molar-refractivity contribution >= 4 is 21.8 Å². The lowest BCUT2D eigenvalue weighted by molar-refractivity contribution is 0.0763. The second kappa shape index (κ2) is 6.48. The van der Waals surface area contributed by atoms with Crippen molar-refractivity contribution in [3.63, 3.8) is 0 Å². The van der Waals surface area contributed by atoms with Crippen molar-refractivity contribution in [2.75, 3.05) is 26.7 Å². The quantitative estimate of drug-likeness (QED) is 0.925. The minimum absolute atomic E-state index is 0.142. The zero-order chi connectivity index (χ0) is 13.8. The van der Waals surface area contributed by atoms with Crippen LogP contribution in [0.4, 0.5) is 4.39 Å². The van der Waals surface area contributed by atoms with Crippen LogP contribution >= 0.6 is 15.9 Å². The van der Waals surface area contributed by atoms with E-state index in [0.29, 0.717) is 18.0 Å². The Balaban J connectivity index is 2.03. The largest absolute Gasteiger partial charge is 0.341 e. The van der Waals surface area contributed by atoms with Gasteiger partial charge in [-0.1, -0.05) is 6.07 Å². The minimum atomic E-state index is -0.404. The lowest BCUT2D eigenvalue weighted by Crippen LogP contribution is -2.39. The van der Waals surface area contributed by atoms with E-state index < -0.39 is 5.82 Å². The van der Waals surface area contributed by atoms with E-state index in [-0.39, 0.29) is 10.4 Å². The van der Waals surface area contributed by atoms with E-state index in [9.17, 15) is 9.18 Å². The number of carbonyl (C=O) groups is 1. The number of hydrogen-bond donors (Lipinski definition) is 1. The van der Waals surface area contributed by atoms with Crippen LogP contribution in [0.1, 0.15) is 23.2 Å². The summed E-state index contributed by atoms with van der Waals surface area (Å²) in [4.78, 5) is 14.0. The van der Waals surface area contributed by atoms with E-state index in [2.05, 4.69) is 21.2 Å². The van der Waals surface area contributed by atoms with E-state index in [4.69, 9.17) is 0 Å². The zero-order valence-electron chi connectivity index (χ0n) is 11.0. The van der Waals surface area contributed by atoms with Gasteiger partial charge in [0.1, 0.15) is 5.82 Å². The highest BCUT2D eigenvalue weighted by Crippen LogP contribution is 2.22. The molecule has 1 amide bonds. The first-order chi connectivity index (χ1) is 9.09. The molecule has 104 valence electrons. The van der Waals surface area contributed by atoms with E-state index in [1.807, 2.05) is 0 Å². The van der Waals surface area contributed by atoms with Gasteiger partial charge >= 0.3 is 0 Å². The first kappa shape index (κ1) is 14.5. The van der Waals surface area contributed by atoms with Crippen LogP contribution in [-0.4, -0.2) is 37.5 Å². The Kier molecular flexibility index (Phi) is 4.93. The van der Waals surface area contributed by atoms with Crippen LogP contribution in [0, 0.1) is 11.7 Å². The summed E-state index contributed by atoms with van der Waals surface area (Å²) >= 11 is 3.14. The van der Waals surface area contributed by atoms with Gasteiger partial charge in [0.25, 0.3) is 5.91 Å². The fourth-order valence-electron chi connectivity index (χ4n) is 2.42. The first-order valence-electron chi connectivity index (χ1n) is 6.50. The third kappa shape index (κ3) is 3.54. The number of benzene rings is 1. The van der Waals surface area contributed by atoms with Crippen LogP contribution in [0.25, 0.3) is 0 Å². The number of nitrogens with one attached hydrogen (secondary N) is 1. The molecule has 0 radical (unpaired) electrons. The van der Waals surface area contributed by atoms with Crippen molar-refractivity contribution in [2.45, 2.75) is 12.8 Å². The lowest BCUT2D eigenvalue weighted by atomic mass is 9.99. The average Bonchev–Trinajstić information content (AvgIpc) is 2.42. The molecule has 1 heterocycles. The van der Waals surface area contributed by atoms with Crippen molar-refractivity contribution in [1.29, 1.82) is 0 Å². The summed E-state index contributed by atoms with van der Waals surface area (Å²) in [6.07, 6.45) is 2.28. The number of halogens is 2. The first-order valence-corrected chi connectivity index (χ1v) is 7.29. The van der Waals surface area contributed by atoms with Crippen LogP contribution in [0.5, 0.6) is 0 Å². The molecule has 1 atom stereocenters. The summed E-state index contributed by atoms with van der Waals surface area (Å²) < 4.78 is 13.7. The Morgan fingerprint density at radius 1 is 1.58 bits per heavy atom. The smallest absolute Gasteiger partial charge is 0.254 e. The van der Waals surface area contributed by atoms with Crippen molar-refractivity contribution in [1.82, 2.24) is 10.2 Å². The van der Waals surface area contributed by atoms with Gasteiger partial charge in [-0.2, -0.15) is 0 Å². The van der Waals surface area contributed by atoms with E-state index in [1.165, 1.54) is 6.07 Å². The molecule has 0 bridgehead atoms. The van der Waals surface area contributed by atoms with Gasteiger partial charge in [-0.15, -0.1) is 0 Å². The second-order valence-corrected chi connectivity index (χ2v) is 5.79. The number of nitrogens with zero attached hydrogens (tertiary/aromatic N) is 1. The van der Waals surface area contributed by atoms with E-state index >= 15 is 0 Å². The van der Waals surface area contributed by atoms with Crippen molar-refractivity contribution in [2.24, 2.45) is 5.92 Å². The fraction of sp³-hybridized carbons (Fsp3) is 0.500. The molecule has 2 rings (SSSR count). The molecule has 1 unspecified atom stereocenters. The predicted octanol–water partition coefficient (Wildman–Crippen LogP) is 2.66. The maximum atomic E-state index is 13.4. The SMILES string of the molecule is CN(CC1CCCNC1)C(=O)c1cccc(F)c1Br. The predicted molar refractivity (Wildman–Crippen MR) is 76.7 cm³/mol. The highest BCUT2D eigenvalue weighted by Gasteiger charge is 2.21. The molecule has 0 aromatic heterocycles. The van der Waals surface area contributed by atoms with Crippen LogP contribution in [0.3, 0.4) is 0 Å². The van der Waals surface area contributed by atoms with Gasteiger partial charge in [0, 0.05) is 13.6 Å². The molecule has 1 aliphatic rings. The Morgan fingerprint density at radius 3 is 3.05 bits per heavy atom. The Morgan fingerprint density at radius 2 is 2.37 bits per heavy atom. The summed E-state index contributed by atoms with van der Waals surface area (Å²) in [7, 11) is 1.77. The average molecular weight is 329 g/mol. The maximum absolute atomic E-state index is 13.4. The highest BCUT2D eigenvalue weighted by molar-refractivity contribution is 9.10. The fourth-order valence-corrected chi connectivity index (χ4v) is 2.86. The molecule has 1 aromatic carbocycles. The van der Waals surface area contributed by atoms with Gasteiger partial charge in [-0.05, 0) is 59.9 Å². The summed E-state index contributed by atoms with van der Waals surface area (Å²) in [6, 6.07) is 4.54. The molecule has 19 heavy (non-hydrogen) atoms. The standard InChI is InChI=1S/C14H18BrFN2O/c1-18(9-10-4-3-7-17-8-10)14(19)11-5-2-6-12(16)13(11)15/h2,5-6,10,17H,3-4,7-9H2,1H3. The summed E-state index contributed by atoms with van der Waals surface area (Å²) in [5, 5.41) is 3.33. The maximum Gasteiger partial charge on any atom is 0.254 e. The van der Waals surface area contributed by atoms with Crippen LogP contribution in [0.15, 0.2) is 22.7 Å². The van der Waals surface area contributed by atoms with Crippen LogP contribution in [-0.2, 0) is 0 Å². The Labute approximate surface area is 121 Å².